The van der Waals surface area contributed by atoms with Crippen molar-refractivity contribution in [3.05, 3.63) is 16.5 Å². The van der Waals surface area contributed by atoms with Crippen LogP contribution in [-0.2, 0) is 16.6 Å². The van der Waals surface area contributed by atoms with E-state index in [0.29, 0.717) is 18.3 Å². The molecule has 1 aliphatic rings. The Morgan fingerprint density at radius 3 is 2.62 bits per heavy atom. The summed E-state index contributed by atoms with van der Waals surface area (Å²) in [6, 6.07) is 1.73. The standard InChI is InChI=1S/C11H14BrF3N2O3S/c12-10-9(5-8(20-10)6-16-7-1-2-7)21(18,19)17-4-3-11(13,14)15/h5,7,16-17H,1-4,6H2. The predicted molar refractivity (Wildman–Crippen MR) is 72.1 cm³/mol. The van der Waals surface area contributed by atoms with Crippen LogP contribution in [0.3, 0.4) is 0 Å². The summed E-state index contributed by atoms with van der Waals surface area (Å²) in [6.07, 6.45) is -3.48. The van der Waals surface area contributed by atoms with Crippen LogP contribution >= 0.6 is 15.9 Å². The Labute approximate surface area is 128 Å². The highest BCUT2D eigenvalue weighted by Crippen LogP contribution is 2.27. The van der Waals surface area contributed by atoms with Gasteiger partial charge in [-0.25, -0.2) is 13.1 Å². The van der Waals surface area contributed by atoms with Crippen LogP contribution in [0.5, 0.6) is 0 Å². The van der Waals surface area contributed by atoms with E-state index in [0.717, 1.165) is 12.8 Å². The second-order valence-corrected chi connectivity index (χ2v) is 7.22. The lowest BCUT2D eigenvalue weighted by molar-refractivity contribution is -0.132. The molecular formula is C11H14BrF3N2O3S. The molecule has 0 radical (unpaired) electrons. The van der Waals surface area contributed by atoms with Gasteiger partial charge in [0.2, 0.25) is 10.0 Å². The van der Waals surface area contributed by atoms with Gasteiger partial charge in [-0.15, -0.1) is 0 Å². The van der Waals surface area contributed by atoms with Crippen LogP contribution in [0.25, 0.3) is 0 Å². The van der Waals surface area contributed by atoms with Gasteiger partial charge in [-0.1, -0.05) is 0 Å². The van der Waals surface area contributed by atoms with Gasteiger partial charge >= 0.3 is 6.18 Å². The maximum Gasteiger partial charge on any atom is 0.390 e. The van der Waals surface area contributed by atoms with Crippen molar-refractivity contribution in [1.29, 1.82) is 0 Å². The van der Waals surface area contributed by atoms with Crippen molar-refractivity contribution in [2.24, 2.45) is 0 Å². The number of sulfonamides is 1. The largest absolute Gasteiger partial charge is 0.452 e. The predicted octanol–water partition coefficient (Wildman–Crippen LogP) is 2.52. The van der Waals surface area contributed by atoms with E-state index in [2.05, 4.69) is 21.2 Å². The maximum atomic E-state index is 12.0. The summed E-state index contributed by atoms with van der Waals surface area (Å²) >= 11 is 2.97. The molecule has 1 aromatic heterocycles. The van der Waals surface area contributed by atoms with E-state index < -0.39 is 29.2 Å². The first-order valence-electron chi connectivity index (χ1n) is 6.25. The van der Waals surface area contributed by atoms with E-state index in [-0.39, 0.29) is 9.56 Å². The van der Waals surface area contributed by atoms with E-state index >= 15 is 0 Å². The number of halogens is 4. The molecule has 2 N–H and O–H groups in total. The molecule has 0 aromatic carbocycles. The third-order valence-corrected chi connectivity index (χ3v) is 5.16. The lowest BCUT2D eigenvalue weighted by Gasteiger charge is -2.07. The van der Waals surface area contributed by atoms with E-state index in [1.165, 1.54) is 6.07 Å². The second kappa shape index (κ2) is 6.27. The van der Waals surface area contributed by atoms with Crippen molar-refractivity contribution in [3.8, 4) is 0 Å². The molecule has 21 heavy (non-hydrogen) atoms. The highest BCUT2D eigenvalue weighted by molar-refractivity contribution is 9.10. The molecule has 0 amide bonds. The van der Waals surface area contributed by atoms with Crippen LogP contribution < -0.4 is 10.0 Å². The van der Waals surface area contributed by atoms with E-state index in [1.54, 1.807) is 0 Å². The maximum absolute atomic E-state index is 12.0. The SMILES string of the molecule is O=S(=O)(NCCC(F)(F)F)c1cc(CNC2CC2)oc1Br. The molecule has 0 spiro atoms. The summed E-state index contributed by atoms with van der Waals surface area (Å²) in [6.45, 7) is -0.333. The minimum Gasteiger partial charge on any atom is -0.452 e. The number of alkyl halides is 3. The molecule has 0 aliphatic heterocycles. The van der Waals surface area contributed by atoms with Crippen molar-refractivity contribution in [2.45, 2.75) is 42.9 Å². The molecule has 1 aromatic rings. The van der Waals surface area contributed by atoms with Crippen molar-refractivity contribution in [2.75, 3.05) is 6.54 Å². The first kappa shape index (κ1) is 16.8. The number of hydrogen-bond donors (Lipinski definition) is 2. The second-order valence-electron chi connectivity index (χ2n) is 4.77. The van der Waals surface area contributed by atoms with Gasteiger partial charge in [0.25, 0.3) is 0 Å². The summed E-state index contributed by atoms with van der Waals surface area (Å²) in [5.41, 5.74) is 0. The number of rotatable bonds is 7. The third-order valence-electron chi connectivity index (χ3n) is 2.84. The summed E-state index contributed by atoms with van der Waals surface area (Å²) in [4.78, 5) is -0.197. The summed E-state index contributed by atoms with van der Waals surface area (Å²) in [7, 11) is -4.03. The van der Waals surface area contributed by atoms with Crippen LogP contribution in [0.15, 0.2) is 20.0 Å². The molecule has 0 bridgehead atoms. The smallest absolute Gasteiger partial charge is 0.390 e. The molecule has 1 fully saturated rings. The molecule has 2 rings (SSSR count). The molecule has 1 heterocycles. The monoisotopic (exact) mass is 390 g/mol. The molecule has 1 saturated carbocycles. The van der Waals surface area contributed by atoms with Gasteiger partial charge in [0.1, 0.15) is 10.7 Å². The van der Waals surface area contributed by atoms with Crippen molar-refractivity contribution in [1.82, 2.24) is 10.0 Å². The first-order chi connectivity index (χ1) is 9.67. The Kier molecular flexibility index (Phi) is 5.01. The number of hydrogen-bond acceptors (Lipinski definition) is 4. The lowest BCUT2D eigenvalue weighted by atomic mass is 10.4. The zero-order chi connectivity index (χ0) is 15.7. The number of nitrogens with one attached hydrogen (secondary N) is 2. The highest BCUT2D eigenvalue weighted by atomic mass is 79.9. The fourth-order valence-electron chi connectivity index (χ4n) is 1.61. The zero-order valence-electron chi connectivity index (χ0n) is 10.8. The Balaban J connectivity index is 1.97. The van der Waals surface area contributed by atoms with Crippen molar-refractivity contribution < 1.29 is 26.0 Å². The Hall–Kier alpha value is -0.580. The Bertz CT molecular complexity index is 596. The van der Waals surface area contributed by atoms with Gasteiger partial charge in [0.05, 0.1) is 13.0 Å². The zero-order valence-corrected chi connectivity index (χ0v) is 13.2. The molecule has 0 saturated heterocycles. The molecule has 5 nitrogen and oxygen atoms in total. The van der Waals surface area contributed by atoms with E-state index in [4.69, 9.17) is 4.42 Å². The molecule has 1 aliphatic carbocycles. The minimum atomic E-state index is -4.41. The summed E-state index contributed by atoms with van der Waals surface area (Å²) in [5.74, 6) is 0.407. The van der Waals surface area contributed by atoms with Crippen molar-refractivity contribution >= 4 is 26.0 Å². The average Bonchev–Trinajstić information content (AvgIpc) is 3.07. The fourth-order valence-corrected chi connectivity index (χ4v) is 3.63. The topological polar surface area (TPSA) is 71.3 Å². The van der Waals surface area contributed by atoms with E-state index in [1.807, 2.05) is 4.72 Å². The molecule has 120 valence electrons. The minimum absolute atomic E-state index is 0.0189. The third kappa shape index (κ3) is 5.28. The van der Waals surface area contributed by atoms with Gasteiger partial charge in [0.15, 0.2) is 4.67 Å². The van der Waals surface area contributed by atoms with Gasteiger partial charge < -0.3 is 9.73 Å². The fraction of sp³-hybridized carbons (Fsp3) is 0.636. The number of furan rings is 1. The molecular weight excluding hydrogens is 377 g/mol. The summed E-state index contributed by atoms with van der Waals surface area (Å²) < 4.78 is 67.0. The van der Waals surface area contributed by atoms with Crippen LogP contribution in [0, 0.1) is 0 Å². The lowest BCUT2D eigenvalue weighted by Crippen LogP contribution is -2.28. The van der Waals surface area contributed by atoms with Gasteiger partial charge in [-0.3, -0.25) is 0 Å². The van der Waals surface area contributed by atoms with Gasteiger partial charge in [-0.2, -0.15) is 13.2 Å². The van der Waals surface area contributed by atoms with Crippen molar-refractivity contribution in [3.63, 3.8) is 0 Å². The summed E-state index contributed by atoms with van der Waals surface area (Å²) in [5, 5.41) is 3.15. The van der Waals surface area contributed by atoms with Crippen LogP contribution in [0.1, 0.15) is 25.0 Å². The molecule has 10 heteroatoms. The normalized spacial score (nSPS) is 16.4. The van der Waals surface area contributed by atoms with E-state index in [9.17, 15) is 21.6 Å². The van der Waals surface area contributed by atoms with Gasteiger partial charge in [-0.05, 0) is 28.8 Å². The average molecular weight is 391 g/mol. The Morgan fingerprint density at radius 1 is 1.38 bits per heavy atom. The first-order valence-corrected chi connectivity index (χ1v) is 8.53. The highest BCUT2D eigenvalue weighted by Gasteiger charge is 2.29. The quantitative estimate of drug-likeness (QED) is 0.750. The van der Waals surface area contributed by atoms with Crippen LogP contribution in [-0.4, -0.2) is 27.2 Å². The van der Waals surface area contributed by atoms with Gasteiger partial charge in [0, 0.05) is 18.7 Å². The van der Waals surface area contributed by atoms with Crippen LogP contribution in [0.4, 0.5) is 13.2 Å². The molecule has 0 unspecified atom stereocenters. The molecule has 0 atom stereocenters. The van der Waals surface area contributed by atoms with Crippen LogP contribution in [0.2, 0.25) is 0 Å². The Morgan fingerprint density at radius 2 is 2.05 bits per heavy atom.